The molecule has 0 aliphatic heterocycles. The number of amides is 1. The normalized spacial score (nSPS) is 12.1. The summed E-state index contributed by atoms with van der Waals surface area (Å²) in [4.78, 5) is 12.6. The SMILES string of the molecule is CC[C@@H](Oc1ccc(F)cc1)C(=O)Nc1ccc(S(=O)(=O)Nc2ccc(C)cc2C)cc1. The Hall–Kier alpha value is -3.39. The van der Waals surface area contributed by atoms with E-state index in [0.717, 1.165) is 11.1 Å². The molecule has 2 N–H and O–H groups in total. The van der Waals surface area contributed by atoms with Crippen molar-refractivity contribution in [3.8, 4) is 5.75 Å². The van der Waals surface area contributed by atoms with Crippen molar-refractivity contribution in [1.29, 1.82) is 0 Å². The van der Waals surface area contributed by atoms with Gasteiger partial charge in [0.25, 0.3) is 15.9 Å². The van der Waals surface area contributed by atoms with Gasteiger partial charge in [0.2, 0.25) is 0 Å². The maximum Gasteiger partial charge on any atom is 0.265 e. The number of ether oxygens (including phenoxy) is 1. The van der Waals surface area contributed by atoms with Crippen LogP contribution in [-0.4, -0.2) is 20.4 Å². The second-order valence-corrected chi connectivity index (χ2v) is 9.09. The van der Waals surface area contributed by atoms with Gasteiger partial charge in [-0.3, -0.25) is 9.52 Å². The van der Waals surface area contributed by atoms with E-state index < -0.39 is 21.9 Å². The Morgan fingerprint density at radius 3 is 2.25 bits per heavy atom. The van der Waals surface area contributed by atoms with Gasteiger partial charge in [0.05, 0.1) is 10.6 Å². The topological polar surface area (TPSA) is 84.5 Å². The number of rotatable bonds is 8. The predicted molar refractivity (Wildman–Crippen MR) is 123 cm³/mol. The van der Waals surface area contributed by atoms with Crippen LogP contribution in [0, 0.1) is 19.7 Å². The van der Waals surface area contributed by atoms with Crippen LogP contribution in [0.3, 0.4) is 0 Å². The molecule has 1 amide bonds. The molecule has 0 bridgehead atoms. The van der Waals surface area contributed by atoms with Crippen LogP contribution in [-0.2, 0) is 14.8 Å². The van der Waals surface area contributed by atoms with Crippen molar-refractivity contribution in [2.45, 2.75) is 38.2 Å². The van der Waals surface area contributed by atoms with E-state index in [1.54, 1.807) is 13.0 Å². The van der Waals surface area contributed by atoms with Gasteiger partial charge in [-0.2, -0.15) is 0 Å². The average Bonchev–Trinajstić information content (AvgIpc) is 2.75. The van der Waals surface area contributed by atoms with Gasteiger partial charge in [-0.25, -0.2) is 12.8 Å². The van der Waals surface area contributed by atoms with Crippen molar-refractivity contribution in [2.24, 2.45) is 0 Å². The Morgan fingerprint density at radius 2 is 1.66 bits per heavy atom. The highest BCUT2D eigenvalue weighted by atomic mass is 32.2. The van der Waals surface area contributed by atoms with Gasteiger partial charge in [0.15, 0.2) is 6.10 Å². The summed E-state index contributed by atoms with van der Waals surface area (Å²) in [6.45, 7) is 5.57. The Labute approximate surface area is 187 Å². The van der Waals surface area contributed by atoms with E-state index in [4.69, 9.17) is 4.74 Å². The van der Waals surface area contributed by atoms with E-state index in [0.29, 0.717) is 23.5 Å². The minimum atomic E-state index is -3.78. The first kappa shape index (κ1) is 23.3. The molecule has 0 aliphatic carbocycles. The van der Waals surface area contributed by atoms with Crippen molar-refractivity contribution in [3.05, 3.63) is 83.7 Å². The zero-order valence-electron chi connectivity index (χ0n) is 18.1. The summed E-state index contributed by atoms with van der Waals surface area (Å²) in [7, 11) is -3.78. The predicted octanol–water partition coefficient (Wildman–Crippen LogP) is 5.04. The van der Waals surface area contributed by atoms with Gasteiger partial charge >= 0.3 is 0 Å². The van der Waals surface area contributed by atoms with Gasteiger partial charge in [-0.1, -0.05) is 24.6 Å². The molecule has 0 aliphatic rings. The van der Waals surface area contributed by atoms with Crippen molar-refractivity contribution >= 4 is 27.3 Å². The highest BCUT2D eigenvalue weighted by Crippen LogP contribution is 2.22. The maximum absolute atomic E-state index is 13.0. The molecular weight excluding hydrogens is 431 g/mol. The number of benzene rings is 3. The number of nitrogens with one attached hydrogen (secondary N) is 2. The lowest BCUT2D eigenvalue weighted by atomic mass is 10.1. The summed E-state index contributed by atoms with van der Waals surface area (Å²) in [5.74, 6) is -0.398. The zero-order chi connectivity index (χ0) is 23.3. The molecule has 1 atom stereocenters. The molecule has 0 aromatic heterocycles. The van der Waals surface area contributed by atoms with Gasteiger partial charge in [0, 0.05) is 5.69 Å². The smallest absolute Gasteiger partial charge is 0.265 e. The molecular formula is C24H25FN2O4S. The van der Waals surface area contributed by atoms with E-state index in [9.17, 15) is 17.6 Å². The fourth-order valence-corrected chi connectivity index (χ4v) is 4.20. The second-order valence-electron chi connectivity index (χ2n) is 7.41. The van der Waals surface area contributed by atoms with Crippen LogP contribution in [0.4, 0.5) is 15.8 Å². The summed E-state index contributed by atoms with van der Waals surface area (Å²) in [5, 5.41) is 2.72. The molecule has 0 saturated heterocycles. The molecule has 0 spiro atoms. The minimum Gasteiger partial charge on any atom is -0.481 e. The van der Waals surface area contributed by atoms with E-state index in [2.05, 4.69) is 10.0 Å². The van der Waals surface area contributed by atoms with Gasteiger partial charge in [-0.05, 0) is 80.4 Å². The van der Waals surface area contributed by atoms with Gasteiger partial charge < -0.3 is 10.1 Å². The second kappa shape index (κ2) is 9.82. The number of anilines is 2. The summed E-state index contributed by atoms with van der Waals surface area (Å²) in [6, 6.07) is 16.7. The molecule has 168 valence electrons. The standard InChI is InChI=1S/C24H25FN2O4S/c1-4-23(31-20-10-6-18(25)7-11-20)24(28)26-19-8-12-21(13-9-19)32(29,30)27-22-14-5-16(2)15-17(22)3/h5-15,23,27H,4H2,1-3H3,(H,26,28)/t23-/m1/s1. The molecule has 8 heteroatoms. The molecule has 32 heavy (non-hydrogen) atoms. The lowest BCUT2D eigenvalue weighted by Crippen LogP contribution is -2.32. The molecule has 0 unspecified atom stereocenters. The van der Waals surface area contributed by atoms with Crippen LogP contribution in [0.1, 0.15) is 24.5 Å². The number of hydrogen-bond acceptors (Lipinski definition) is 4. The third-order valence-corrected chi connectivity index (χ3v) is 6.19. The highest BCUT2D eigenvalue weighted by Gasteiger charge is 2.20. The molecule has 3 aromatic rings. The van der Waals surface area contributed by atoms with Crippen molar-refractivity contribution in [3.63, 3.8) is 0 Å². The molecule has 0 heterocycles. The zero-order valence-corrected chi connectivity index (χ0v) is 18.9. The van der Waals surface area contributed by atoms with E-state index in [-0.39, 0.29) is 10.8 Å². The van der Waals surface area contributed by atoms with Crippen LogP contribution in [0.2, 0.25) is 0 Å². The molecule has 3 rings (SSSR count). The molecule has 6 nitrogen and oxygen atoms in total. The largest absolute Gasteiger partial charge is 0.481 e. The number of carbonyl (C=O) groups excluding carboxylic acids is 1. The molecule has 0 fully saturated rings. The third-order valence-electron chi connectivity index (χ3n) is 4.81. The Balaban J connectivity index is 1.67. The Morgan fingerprint density at radius 1 is 1.00 bits per heavy atom. The first-order valence-corrected chi connectivity index (χ1v) is 11.6. The van der Waals surface area contributed by atoms with Crippen molar-refractivity contribution < 1.29 is 22.3 Å². The average molecular weight is 457 g/mol. The van der Waals surface area contributed by atoms with E-state index in [1.807, 2.05) is 26.0 Å². The molecule has 0 radical (unpaired) electrons. The number of sulfonamides is 1. The van der Waals surface area contributed by atoms with Crippen molar-refractivity contribution in [1.82, 2.24) is 0 Å². The lowest BCUT2D eigenvalue weighted by Gasteiger charge is -2.17. The number of aryl methyl sites for hydroxylation is 2. The number of hydrogen-bond donors (Lipinski definition) is 2. The van der Waals surface area contributed by atoms with Gasteiger partial charge in [0.1, 0.15) is 11.6 Å². The summed E-state index contributed by atoms with van der Waals surface area (Å²) in [5.41, 5.74) is 2.81. The van der Waals surface area contributed by atoms with Crippen LogP contribution in [0.5, 0.6) is 5.75 Å². The number of carbonyl (C=O) groups is 1. The summed E-state index contributed by atoms with van der Waals surface area (Å²) >= 11 is 0. The quantitative estimate of drug-likeness (QED) is 0.497. The van der Waals surface area contributed by atoms with Crippen LogP contribution < -0.4 is 14.8 Å². The molecule has 0 saturated carbocycles. The summed E-state index contributed by atoms with van der Waals surface area (Å²) < 4.78 is 46.7. The summed E-state index contributed by atoms with van der Waals surface area (Å²) in [6.07, 6.45) is -0.384. The fraction of sp³-hybridized carbons (Fsp3) is 0.208. The minimum absolute atomic E-state index is 0.0741. The Kier molecular flexibility index (Phi) is 7.15. The fourth-order valence-electron chi connectivity index (χ4n) is 3.07. The van der Waals surface area contributed by atoms with E-state index in [1.165, 1.54) is 48.5 Å². The van der Waals surface area contributed by atoms with Gasteiger partial charge in [-0.15, -0.1) is 0 Å². The van der Waals surface area contributed by atoms with E-state index >= 15 is 0 Å². The monoisotopic (exact) mass is 456 g/mol. The van der Waals surface area contributed by atoms with Crippen LogP contribution in [0.25, 0.3) is 0 Å². The first-order valence-electron chi connectivity index (χ1n) is 10.1. The first-order chi connectivity index (χ1) is 15.2. The third kappa shape index (κ3) is 5.85. The van der Waals surface area contributed by atoms with Crippen LogP contribution in [0.15, 0.2) is 71.6 Å². The highest BCUT2D eigenvalue weighted by molar-refractivity contribution is 7.92. The van der Waals surface area contributed by atoms with Crippen LogP contribution >= 0.6 is 0 Å². The number of halogens is 1. The Bertz CT molecular complexity index is 1190. The van der Waals surface area contributed by atoms with Crippen molar-refractivity contribution in [2.75, 3.05) is 10.0 Å². The molecule has 3 aromatic carbocycles. The lowest BCUT2D eigenvalue weighted by molar-refractivity contribution is -0.122. The maximum atomic E-state index is 13.0.